The molecule has 0 unspecified atom stereocenters. The molecule has 0 N–H and O–H groups in total. The molecule has 6 heteroatoms. The lowest BCUT2D eigenvalue weighted by Gasteiger charge is -2.06. The quantitative estimate of drug-likeness (QED) is 0.780. The molecule has 0 radical (unpaired) electrons. The Morgan fingerprint density at radius 3 is 1.90 bits per heavy atom. The number of benzene rings is 2. The highest BCUT2D eigenvalue weighted by Gasteiger charge is 2.14. The summed E-state index contributed by atoms with van der Waals surface area (Å²) in [5.74, 6) is 0. The van der Waals surface area contributed by atoms with Gasteiger partial charge in [-0.05, 0) is 48.4 Å². The second-order valence-corrected chi connectivity index (χ2v) is 6.59. The minimum Gasteiger partial charge on any atom is -0.266 e. The average molecular weight is 331 g/mol. The van der Waals surface area contributed by atoms with Crippen molar-refractivity contribution in [3.05, 3.63) is 64.1 Å². The highest BCUT2D eigenvalue weighted by molar-refractivity contribution is 7.86. The number of hydrogen-bond acceptors (Lipinski definition) is 3. The maximum Gasteiger partial charge on any atom is 0.296 e. The van der Waals surface area contributed by atoms with Crippen LogP contribution in [0.15, 0.2) is 53.4 Å². The van der Waals surface area contributed by atoms with Gasteiger partial charge in [0, 0.05) is 10.0 Å². The van der Waals surface area contributed by atoms with E-state index in [4.69, 9.17) is 27.4 Å². The number of rotatable bonds is 5. The van der Waals surface area contributed by atoms with E-state index < -0.39 is 10.1 Å². The van der Waals surface area contributed by atoms with Gasteiger partial charge in [-0.2, -0.15) is 8.42 Å². The van der Waals surface area contributed by atoms with E-state index in [1.54, 1.807) is 12.1 Å². The number of hydrogen-bond donors (Lipinski definition) is 0. The van der Waals surface area contributed by atoms with Crippen molar-refractivity contribution in [3.8, 4) is 0 Å². The summed E-state index contributed by atoms with van der Waals surface area (Å²) in [6.45, 7) is 0.0760. The molecule has 3 nitrogen and oxygen atoms in total. The van der Waals surface area contributed by atoms with Crippen LogP contribution in [0.3, 0.4) is 0 Å². The topological polar surface area (TPSA) is 43.4 Å². The van der Waals surface area contributed by atoms with Gasteiger partial charge in [-0.15, -0.1) is 0 Å². The minimum atomic E-state index is -3.74. The molecular formula is C14H12Cl2O3S. The van der Waals surface area contributed by atoms with Crippen molar-refractivity contribution in [3.63, 3.8) is 0 Å². The van der Waals surface area contributed by atoms with Crippen molar-refractivity contribution in [2.45, 2.75) is 11.3 Å². The number of halogens is 2. The van der Waals surface area contributed by atoms with Crippen molar-refractivity contribution in [1.82, 2.24) is 0 Å². The first kappa shape index (κ1) is 15.3. The van der Waals surface area contributed by atoms with Crippen LogP contribution in [-0.2, 0) is 20.7 Å². The van der Waals surface area contributed by atoms with Crippen LogP contribution in [0.1, 0.15) is 5.56 Å². The fourth-order valence-electron chi connectivity index (χ4n) is 1.59. The molecule has 0 saturated carbocycles. The molecule has 20 heavy (non-hydrogen) atoms. The van der Waals surface area contributed by atoms with Crippen molar-refractivity contribution in [1.29, 1.82) is 0 Å². The third-order valence-corrected chi connectivity index (χ3v) is 4.48. The maximum absolute atomic E-state index is 11.9. The molecule has 0 aliphatic heterocycles. The van der Waals surface area contributed by atoms with E-state index in [-0.39, 0.29) is 11.5 Å². The van der Waals surface area contributed by atoms with Gasteiger partial charge in [0.15, 0.2) is 0 Å². The Morgan fingerprint density at radius 2 is 1.35 bits per heavy atom. The maximum atomic E-state index is 11.9. The van der Waals surface area contributed by atoms with E-state index >= 15 is 0 Å². The Morgan fingerprint density at radius 1 is 0.850 bits per heavy atom. The second kappa shape index (κ2) is 6.59. The molecule has 2 aromatic rings. The van der Waals surface area contributed by atoms with E-state index in [2.05, 4.69) is 0 Å². The molecule has 0 heterocycles. The van der Waals surface area contributed by atoms with Crippen LogP contribution in [-0.4, -0.2) is 15.0 Å². The van der Waals surface area contributed by atoms with Gasteiger partial charge in [-0.3, -0.25) is 4.18 Å². The van der Waals surface area contributed by atoms with Crippen molar-refractivity contribution >= 4 is 33.3 Å². The summed E-state index contributed by atoms with van der Waals surface area (Å²) in [6.07, 6.45) is 0.490. The van der Waals surface area contributed by atoms with Crippen molar-refractivity contribution in [2.75, 3.05) is 6.61 Å². The molecule has 0 bridgehead atoms. The van der Waals surface area contributed by atoms with Crippen LogP contribution < -0.4 is 0 Å². The van der Waals surface area contributed by atoms with Gasteiger partial charge in [-0.1, -0.05) is 35.3 Å². The monoisotopic (exact) mass is 330 g/mol. The van der Waals surface area contributed by atoms with Gasteiger partial charge < -0.3 is 0 Å². The molecule has 0 aromatic heterocycles. The van der Waals surface area contributed by atoms with Crippen LogP contribution >= 0.6 is 23.2 Å². The van der Waals surface area contributed by atoms with E-state index in [1.807, 2.05) is 12.1 Å². The van der Waals surface area contributed by atoms with Crippen LogP contribution in [0.5, 0.6) is 0 Å². The lowest BCUT2D eigenvalue weighted by Crippen LogP contribution is -2.09. The largest absolute Gasteiger partial charge is 0.296 e. The molecule has 0 atom stereocenters. The van der Waals surface area contributed by atoms with E-state index in [0.29, 0.717) is 16.5 Å². The first-order valence-electron chi connectivity index (χ1n) is 5.87. The molecule has 0 amide bonds. The molecule has 0 aliphatic rings. The van der Waals surface area contributed by atoms with Gasteiger partial charge >= 0.3 is 0 Å². The molecule has 0 fully saturated rings. The molecule has 0 spiro atoms. The third-order valence-electron chi connectivity index (χ3n) is 2.64. The Hall–Kier alpha value is -1.07. The van der Waals surface area contributed by atoms with Gasteiger partial charge in [0.05, 0.1) is 11.5 Å². The summed E-state index contributed by atoms with van der Waals surface area (Å²) in [7, 11) is -3.74. The summed E-state index contributed by atoms with van der Waals surface area (Å²) in [5, 5.41) is 1.12. The standard InChI is InChI=1S/C14H12Cl2O3S/c15-12-3-1-11(2-4-12)9-10-19-20(17,18)14-7-5-13(16)6-8-14/h1-8H,9-10H2. The molecule has 106 valence electrons. The SMILES string of the molecule is O=S(=O)(OCCc1ccc(Cl)cc1)c1ccc(Cl)cc1. The third kappa shape index (κ3) is 4.21. The van der Waals surface area contributed by atoms with Gasteiger partial charge in [0.25, 0.3) is 10.1 Å². The summed E-state index contributed by atoms with van der Waals surface area (Å²) in [6, 6.07) is 13.0. The fraction of sp³-hybridized carbons (Fsp3) is 0.143. The normalized spacial score (nSPS) is 11.5. The van der Waals surface area contributed by atoms with Crippen LogP contribution in [0.25, 0.3) is 0 Å². The predicted molar refractivity (Wildman–Crippen MR) is 79.7 cm³/mol. The summed E-state index contributed by atoms with van der Waals surface area (Å²) in [4.78, 5) is 0.0954. The van der Waals surface area contributed by atoms with E-state index in [0.717, 1.165) is 5.56 Å². The van der Waals surface area contributed by atoms with Gasteiger partial charge in [0.1, 0.15) is 0 Å². The summed E-state index contributed by atoms with van der Waals surface area (Å²) in [5.41, 5.74) is 0.959. The van der Waals surface area contributed by atoms with Crippen molar-refractivity contribution < 1.29 is 12.6 Å². The van der Waals surface area contributed by atoms with E-state index in [9.17, 15) is 8.42 Å². The molecule has 0 saturated heterocycles. The Bertz CT molecular complexity index is 665. The summed E-state index contributed by atoms with van der Waals surface area (Å²) >= 11 is 11.5. The lowest BCUT2D eigenvalue weighted by molar-refractivity contribution is 0.322. The van der Waals surface area contributed by atoms with Crippen LogP contribution in [0, 0.1) is 0 Å². The van der Waals surface area contributed by atoms with Gasteiger partial charge in [0.2, 0.25) is 0 Å². The lowest BCUT2D eigenvalue weighted by atomic mass is 10.2. The first-order chi connectivity index (χ1) is 9.47. The highest BCUT2D eigenvalue weighted by Crippen LogP contribution is 2.17. The minimum absolute atomic E-state index is 0.0760. The Kier molecular flexibility index (Phi) is 5.05. The molecule has 2 rings (SSSR count). The zero-order valence-electron chi connectivity index (χ0n) is 10.4. The fourth-order valence-corrected chi connectivity index (χ4v) is 2.75. The predicted octanol–water partition coefficient (Wildman–Crippen LogP) is 3.94. The van der Waals surface area contributed by atoms with Gasteiger partial charge in [-0.25, -0.2) is 0 Å². The van der Waals surface area contributed by atoms with Crippen molar-refractivity contribution in [2.24, 2.45) is 0 Å². The van der Waals surface area contributed by atoms with Crippen LogP contribution in [0.4, 0.5) is 0 Å². The Balaban J connectivity index is 1.96. The zero-order valence-corrected chi connectivity index (χ0v) is 12.8. The molecule has 2 aromatic carbocycles. The molecular weight excluding hydrogens is 319 g/mol. The molecule has 0 aliphatic carbocycles. The smallest absolute Gasteiger partial charge is 0.266 e. The average Bonchev–Trinajstić information content (AvgIpc) is 2.41. The first-order valence-corrected chi connectivity index (χ1v) is 8.03. The second-order valence-electron chi connectivity index (χ2n) is 4.11. The van der Waals surface area contributed by atoms with Crippen LogP contribution in [0.2, 0.25) is 10.0 Å². The zero-order chi connectivity index (χ0) is 14.6. The van der Waals surface area contributed by atoms with E-state index in [1.165, 1.54) is 24.3 Å². The Labute approximate surface area is 128 Å². The summed E-state index contributed by atoms with van der Waals surface area (Å²) < 4.78 is 28.8. The highest BCUT2D eigenvalue weighted by atomic mass is 35.5.